The van der Waals surface area contributed by atoms with E-state index in [4.69, 9.17) is 9.84 Å². The quantitative estimate of drug-likeness (QED) is 0.717. The Balaban J connectivity index is 2.02. The van der Waals surface area contributed by atoms with Crippen molar-refractivity contribution in [2.24, 2.45) is 0 Å². The van der Waals surface area contributed by atoms with Gasteiger partial charge in [0.2, 0.25) is 5.91 Å². The summed E-state index contributed by atoms with van der Waals surface area (Å²) in [4.78, 5) is 24.9. The smallest absolute Gasteiger partial charge is 0.328 e. The summed E-state index contributed by atoms with van der Waals surface area (Å²) in [5, 5.41) is 12.3. The molecule has 0 spiro atoms. The van der Waals surface area contributed by atoms with Gasteiger partial charge in [-0.2, -0.15) is 0 Å². The fraction of sp³-hybridized carbons (Fsp3) is 0.833. The van der Waals surface area contributed by atoms with Gasteiger partial charge in [0.05, 0.1) is 19.3 Å². The summed E-state index contributed by atoms with van der Waals surface area (Å²) in [6, 6.07) is -1.07. The molecule has 2 atom stereocenters. The minimum Gasteiger partial charge on any atom is -0.480 e. The molecule has 0 bridgehead atoms. The maximum atomic E-state index is 12.4. The lowest BCUT2D eigenvalue weighted by Gasteiger charge is -2.35. The summed E-state index contributed by atoms with van der Waals surface area (Å²) in [6.07, 6.45) is 4.02. The van der Waals surface area contributed by atoms with Gasteiger partial charge in [0.1, 0.15) is 0 Å². The minimum atomic E-state index is -0.989. The van der Waals surface area contributed by atoms with Gasteiger partial charge in [-0.05, 0) is 19.4 Å². The van der Waals surface area contributed by atoms with E-state index in [0.717, 1.165) is 32.2 Å². The molecule has 0 aromatic heterocycles. The molecule has 2 rings (SSSR count). The van der Waals surface area contributed by atoms with Gasteiger partial charge in [0.25, 0.3) is 0 Å². The molecule has 0 aromatic rings. The number of amides is 1. The Morgan fingerprint density at radius 1 is 1.28 bits per heavy atom. The predicted octanol–water partition coefficient (Wildman–Crippen LogP) is -0.169. The molecule has 102 valence electrons. The van der Waals surface area contributed by atoms with Crippen LogP contribution in [0.4, 0.5) is 0 Å². The highest BCUT2D eigenvalue weighted by molar-refractivity contribution is 5.87. The Hall–Kier alpha value is -1.14. The zero-order valence-corrected chi connectivity index (χ0v) is 10.4. The van der Waals surface area contributed by atoms with Gasteiger partial charge in [-0.1, -0.05) is 12.8 Å². The summed E-state index contributed by atoms with van der Waals surface area (Å²) in [5.74, 6) is -1.08. The third-order valence-corrected chi connectivity index (χ3v) is 3.56. The van der Waals surface area contributed by atoms with Crippen molar-refractivity contribution in [1.82, 2.24) is 10.2 Å². The average Bonchev–Trinajstić information content (AvgIpc) is 2.66. The normalized spacial score (nSPS) is 29.7. The standard InChI is InChI=1S/C12H20N2O4/c15-11(9-4-2-1-3-5-13-9)14-6-7-18-8-10(14)12(16)17/h9-10,13H,1-8H2,(H,16,17). The summed E-state index contributed by atoms with van der Waals surface area (Å²) in [7, 11) is 0. The molecule has 0 saturated carbocycles. The first kappa shape index (κ1) is 13.3. The van der Waals surface area contributed by atoms with E-state index in [-0.39, 0.29) is 18.6 Å². The van der Waals surface area contributed by atoms with Gasteiger partial charge in [-0.15, -0.1) is 0 Å². The number of carboxylic acids is 1. The Bertz CT molecular complexity index is 313. The average molecular weight is 256 g/mol. The van der Waals surface area contributed by atoms with Crippen molar-refractivity contribution in [2.45, 2.75) is 37.8 Å². The molecular formula is C12H20N2O4. The van der Waals surface area contributed by atoms with Gasteiger partial charge in [-0.25, -0.2) is 4.79 Å². The van der Waals surface area contributed by atoms with Gasteiger partial charge in [0.15, 0.2) is 6.04 Å². The molecule has 1 amide bonds. The van der Waals surface area contributed by atoms with Crippen LogP contribution in [-0.2, 0) is 14.3 Å². The van der Waals surface area contributed by atoms with E-state index in [0.29, 0.717) is 13.2 Å². The van der Waals surface area contributed by atoms with Crippen molar-refractivity contribution in [3.05, 3.63) is 0 Å². The van der Waals surface area contributed by atoms with Crippen molar-refractivity contribution < 1.29 is 19.4 Å². The molecule has 2 fully saturated rings. The lowest BCUT2D eigenvalue weighted by molar-refractivity contribution is -0.159. The Morgan fingerprint density at radius 3 is 2.89 bits per heavy atom. The summed E-state index contributed by atoms with van der Waals surface area (Å²) in [6.45, 7) is 1.71. The molecule has 6 heteroatoms. The van der Waals surface area contributed by atoms with Gasteiger partial charge < -0.3 is 20.1 Å². The summed E-state index contributed by atoms with van der Waals surface area (Å²) >= 11 is 0. The molecule has 6 nitrogen and oxygen atoms in total. The number of carboxylic acid groups (broad SMARTS) is 1. The first-order valence-corrected chi connectivity index (χ1v) is 6.54. The molecule has 2 heterocycles. The number of rotatable bonds is 2. The molecule has 2 saturated heterocycles. The van der Waals surface area contributed by atoms with Crippen molar-refractivity contribution in [3.63, 3.8) is 0 Å². The Labute approximate surface area is 106 Å². The van der Waals surface area contributed by atoms with Crippen molar-refractivity contribution in [1.29, 1.82) is 0 Å². The number of hydrogen-bond donors (Lipinski definition) is 2. The van der Waals surface area contributed by atoms with Crippen LogP contribution < -0.4 is 5.32 Å². The van der Waals surface area contributed by atoms with Crippen LogP contribution in [0.25, 0.3) is 0 Å². The van der Waals surface area contributed by atoms with Crippen LogP contribution in [0.3, 0.4) is 0 Å². The highest BCUT2D eigenvalue weighted by Crippen LogP contribution is 2.14. The van der Waals surface area contributed by atoms with E-state index in [1.807, 2.05) is 0 Å². The van der Waals surface area contributed by atoms with Crippen molar-refractivity contribution >= 4 is 11.9 Å². The first-order chi connectivity index (χ1) is 8.70. The third-order valence-electron chi connectivity index (χ3n) is 3.56. The van der Waals surface area contributed by atoms with E-state index in [1.54, 1.807) is 0 Å². The van der Waals surface area contributed by atoms with Crippen molar-refractivity contribution in [3.8, 4) is 0 Å². The first-order valence-electron chi connectivity index (χ1n) is 6.54. The highest BCUT2D eigenvalue weighted by Gasteiger charge is 2.35. The van der Waals surface area contributed by atoms with Crippen LogP contribution in [0.15, 0.2) is 0 Å². The third kappa shape index (κ3) is 3.00. The van der Waals surface area contributed by atoms with Crippen LogP contribution in [0.5, 0.6) is 0 Å². The fourth-order valence-corrected chi connectivity index (χ4v) is 2.51. The van der Waals surface area contributed by atoms with Gasteiger partial charge >= 0.3 is 5.97 Å². The van der Waals surface area contributed by atoms with Crippen LogP contribution in [0, 0.1) is 0 Å². The monoisotopic (exact) mass is 256 g/mol. The van der Waals surface area contributed by atoms with Crippen molar-refractivity contribution in [2.75, 3.05) is 26.3 Å². The van der Waals surface area contributed by atoms with E-state index in [1.165, 1.54) is 4.90 Å². The zero-order valence-electron chi connectivity index (χ0n) is 10.4. The molecule has 0 aromatic carbocycles. The lowest BCUT2D eigenvalue weighted by atomic mass is 10.1. The molecule has 2 aliphatic heterocycles. The summed E-state index contributed by atoms with van der Waals surface area (Å²) < 4.78 is 5.14. The zero-order chi connectivity index (χ0) is 13.0. The SMILES string of the molecule is O=C(O)C1COCCN1C(=O)C1CCCCCN1. The van der Waals surface area contributed by atoms with Gasteiger partial charge in [-0.3, -0.25) is 4.79 Å². The van der Waals surface area contributed by atoms with Crippen LogP contribution in [0.1, 0.15) is 25.7 Å². The number of aliphatic carboxylic acids is 1. The number of nitrogens with one attached hydrogen (secondary N) is 1. The van der Waals surface area contributed by atoms with Crippen LogP contribution in [0.2, 0.25) is 0 Å². The Kier molecular flexibility index (Phi) is 4.54. The predicted molar refractivity (Wildman–Crippen MR) is 64.2 cm³/mol. The topological polar surface area (TPSA) is 78.9 Å². The molecular weight excluding hydrogens is 236 g/mol. The number of hydrogen-bond acceptors (Lipinski definition) is 4. The number of morpholine rings is 1. The molecule has 2 unspecified atom stereocenters. The number of nitrogens with zero attached hydrogens (tertiary/aromatic N) is 1. The van der Waals surface area contributed by atoms with E-state index in [2.05, 4.69) is 5.32 Å². The highest BCUT2D eigenvalue weighted by atomic mass is 16.5. The Morgan fingerprint density at radius 2 is 2.11 bits per heavy atom. The van der Waals surface area contributed by atoms with E-state index >= 15 is 0 Å². The maximum absolute atomic E-state index is 12.4. The van der Waals surface area contributed by atoms with Gasteiger partial charge in [0, 0.05) is 6.54 Å². The molecule has 18 heavy (non-hydrogen) atoms. The number of carbonyl (C=O) groups excluding carboxylic acids is 1. The largest absolute Gasteiger partial charge is 0.480 e. The maximum Gasteiger partial charge on any atom is 0.328 e. The molecule has 0 aliphatic carbocycles. The second-order valence-corrected chi connectivity index (χ2v) is 4.82. The van der Waals surface area contributed by atoms with Crippen LogP contribution >= 0.6 is 0 Å². The van der Waals surface area contributed by atoms with E-state index in [9.17, 15) is 9.59 Å². The molecule has 2 aliphatic rings. The molecule has 0 radical (unpaired) electrons. The lowest BCUT2D eigenvalue weighted by Crippen LogP contribution is -2.57. The number of ether oxygens (including phenoxy) is 1. The van der Waals surface area contributed by atoms with Crippen LogP contribution in [-0.4, -0.2) is 60.3 Å². The minimum absolute atomic E-state index is 0.0902. The number of carbonyl (C=O) groups is 2. The second-order valence-electron chi connectivity index (χ2n) is 4.82. The second kappa shape index (κ2) is 6.15. The molecule has 2 N–H and O–H groups in total. The fourth-order valence-electron chi connectivity index (χ4n) is 2.51. The van der Waals surface area contributed by atoms with E-state index < -0.39 is 12.0 Å². The summed E-state index contributed by atoms with van der Waals surface area (Å²) in [5.41, 5.74) is 0.